The normalized spacial score (nSPS) is 20.3. The fourth-order valence-corrected chi connectivity index (χ4v) is 6.27. The van der Waals surface area contributed by atoms with Crippen LogP contribution in [0.3, 0.4) is 0 Å². The highest BCUT2D eigenvalue weighted by Crippen LogP contribution is 2.32. The summed E-state index contributed by atoms with van der Waals surface area (Å²) in [5.74, 6) is -0.473. The molecule has 0 atom stereocenters. The number of piperidine rings is 1. The Morgan fingerprint density at radius 3 is 2.50 bits per heavy atom. The lowest BCUT2D eigenvalue weighted by Gasteiger charge is -2.38. The first-order valence-corrected chi connectivity index (χ1v) is 14.2. The van der Waals surface area contributed by atoms with Gasteiger partial charge in [0.1, 0.15) is 5.82 Å². The van der Waals surface area contributed by atoms with E-state index in [9.17, 15) is 4.79 Å². The Labute approximate surface area is 226 Å². The van der Waals surface area contributed by atoms with Crippen LogP contribution in [-0.4, -0.2) is 80.8 Å². The average molecular weight is 534 g/mol. The second kappa shape index (κ2) is 10.5. The molecule has 6 rings (SSSR count). The molecule has 38 heavy (non-hydrogen) atoms. The number of carbonyl (C=O) groups is 1. The van der Waals surface area contributed by atoms with E-state index >= 15 is 4.39 Å². The summed E-state index contributed by atoms with van der Waals surface area (Å²) in [4.78, 5) is 28.6. The summed E-state index contributed by atoms with van der Waals surface area (Å²) < 4.78 is 17.0. The van der Waals surface area contributed by atoms with Crippen LogP contribution >= 0.6 is 11.8 Å². The van der Waals surface area contributed by atoms with Gasteiger partial charge in [-0.25, -0.2) is 13.9 Å². The fraction of sp³-hybridized carbons (Fsp3) is 0.429. The van der Waals surface area contributed by atoms with E-state index < -0.39 is 0 Å². The number of likely N-dealkylation sites (tertiary alicyclic amines) is 1. The molecule has 2 aromatic heterocycles. The maximum absolute atomic E-state index is 15.3. The maximum atomic E-state index is 15.3. The maximum Gasteiger partial charge on any atom is 0.286 e. The molecule has 2 fully saturated rings. The van der Waals surface area contributed by atoms with Crippen LogP contribution in [-0.2, 0) is 4.79 Å². The van der Waals surface area contributed by atoms with Crippen molar-refractivity contribution in [1.29, 1.82) is 0 Å². The molecule has 0 bridgehead atoms. The van der Waals surface area contributed by atoms with Gasteiger partial charge in [-0.05, 0) is 75.2 Å². The lowest BCUT2D eigenvalue weighted by Crippen LogP contribution is -2.49. The zero-order valence-electron chi connectivity index (χ0n) is 21.8. The molecule has 0 spiro atoms. The highest BCUT2D eigenvalue weighted by Gasteiger charge is 2.27. The number of imidazole rings is 1. The number of fused-ring (bicyclic) bond motifs is 1. The summed E-state index contributed by atoms with van der Waals surface area (Å²) in [7, 11) is 0. The van der Waals surface area contributed by atoms with Crippen LogP contribution < -0.4 is 4.90 Å². The van der Waals surface area contributed by atoms with Crippen LogP contribution in [0.4, 0.5) is 10.1 Å². The molecule has 0 unspecified atom stereocenters. The van der Waals surface area contributed by atoms with Crippen molar-refractivity contribution in [3.8, 4) is 11.3 Å². The molecular formula is C28H32FN7OS. The lowest BCUT2D eigenvalue weighted by molar-refractivity contribution is -0.113. The number of hydrogen-bond acceptors (Lipinski definition) is 7. The Balaban J connectivity index is 1.22. The molecule has 2 saturated heterocycles. The molecule has 3 aliphatic heterocycles. The van der Waals surface area contributed by atoms with E-state index in [4.69, 9.17) is 5.10 Å². The zero-order valence-corrected chi connectivity index (χ0v) is 22.6. The number of piperazine rings is 1. The molecular weight excluding hydrogens is 501 g/mol. The molecule has 0 N–H and O–H groups in total. The number of thioether (sulfide) groups is 1. The molecule has 10 heteroatoms. The molecule has 1 aromatic carbocycles. The van der Waals surface area contributed by atoms with Crippen molar-refractivity contribution >= 4 is 40.2 Å². The van der Waals surface area contributed by atoms with Gasteiger partial charge in [0.05, 0.1) is 28.2 Å². The largest absolute Gasteiger partial charge is 0.367 e. The van der Waals surface area contributed by atoms with Crippen molar-refractivity contribution in [1.82, 2.24) is 24.4 Å². The van der Waals surface area contributed by atoms with Crippen LogP contribution in [0.2, 0.25) is 0 Å². The minimum atomic E-state index is -0.246. The van der Waals surface area contributed by atoms with Crippen molar-refractivity contribution < 1.29 is 9.18 Å². The second-order valence-corrected chi connectivity index (χ2v) is 11.3. The Kier molecular flexibility index (Phi) is 6.92. The Morgan fingerprint density at radius 2 is 1.76 bits per heavy atom. The molecule has 198 valence electrons. The van der Waals surface area contributed by atoms with Crippen molar-refractivity contribution in [2.24, 2.45) is 4.99 Å². The number of carbonyl (C=O) groups excluding carboxylic acids is 1. The van der Waals surface area contributed by atoms with Gasteiger partial charge in [0.15, 0.2) is 10.8 Å². The van der Waals surface area contributed by atoms with E-state index in [1.807, 2.05) is 24.3 Å². The van der Waals surface area contributed by atoms with Crippen LogP contribution in [0.1, 0.15) is 38.8 Å². The fourth-order valence-electron chi connectivity index (χ4n) is 5.32. The van der Waals surface area contributed by atoms with Crippen molar-refractivity contribution in [3.05, 3.63) is 52.9 Å². The Morgan fingerprint density at radius 1 is 0.974 bits per heavy atom. The summed E-state index contributed by atoms with van der Waals surface area (Å²) in [5, 5.41) is 5.51. The molecule has 1 amide bonds. The first kappa shape index (κ1) is 25.1. The number of hydrogen-bond donors (Lipinski definition) is 0. The van der Waals surface area contributed by atoms with Gasteiger partial charge in [0.25, 0.3) is 5.91 Å². The summed E-state index contributed by atoms with van der Waals surface area (Å²) in [6, 6.07) is 9.55. The highest BCUT2D eigenvalue weighted by atomic mass is 32.2. The predicted molar refractivity (Wildman–Crippen MR) is 151 cm³/mol. The topological polar surface area (TPSA) is 69.3 Å². The first-order valence-electron chi connectivity index (χ1n) is 13.4. The number of anilines is 1. The molecule has 0 radical (unpaired) electrons. The third-order valence-electron chi connectivity index (χ3n) is 7.53. The summed E-state index contributed by atoms with van der Waals surface area (Å²) in [5.41, 5.74) is 3.32. The molecule has 5 heterocycles. The zero-order chi connectivity index (χ0) is 26.2. The van der Waals surface area contributed by atoms with E-state index in [0.29, 0.717) is 39.2 Å². The minimum Gasteiger partial charge on any atom is -0.367 e. The smallest absolute Gasteiger partial charge is 0.286 e. The van der Waals surface area contributed by atoms with Gasteiger partial charge in [-0.1, -0.05) is 6.07 Å². The van der Waals surface area contributed by atoms with Crippen LogP contribution in [0.5, 0.6) is 0 Å². The summed E-state index contributed by atoms with van der Waals surface area (Å²) >= 11 is 1.41. The Bertz CT molecular complexity index is 1420. The quantitative estimate of drug-likeness (QED) is 0.457. The SMILES string of the molecule is CC(C)N1CCN(c2ccc(-c3cnc4ccc(/C=C5\SC(N6CCCCC6)=NC5=O)nn34)cc2F)CC1. The number of nitrogens with zero attached hydrogens (tertiary/aromatic N) is 7. The van der Waals surface area contributed by atoms with Crippen molar-refractivity contribution in [2.75, 3.05) is 44.2 Å². The number of aliphatic imine (C=N–C) groups is 1. The van der Waals surface area contributed by atoms with Gasteiger partial charge in [-0.3, -0.25) is 9.69 Å². The number of halogens is 1. The van der Waals surface area contributed by atoms with Crippen molar-refractivity contribution in [3.63, 3.8) is 0 Å². The van der Waals surface area contributed by atoms with Gasteiger partial charge in [0.2, 0.25) is 0 Å². The second-order valence-electron chi connectivity index (χ2n) is 10.3. The third-order valence-corrected chi connectivity index (χ3v) is 8.57. The number of benzene rings is 1. The van der Waals surface area contributed by atoms with Gasteiger partial charge in [-0.2, -0.15) is 10.1 Å². The third kappa shape index (κ3) is 4.94. The lowest BCUT2D eigenvalue weighted by atomic mass is 10.1. The number of rotatable bonds is 4. The van der Waals surface area contributed by atoms with E-state index in [0.717, 1.165) is 57.3 Å². The predicted octanol–water partition coefficient (Wildman–Crippen LogP) is 4.52. The molecule has 8 nitrogen and oxygen atoms in total. The molecule has 3 aliphatic rings. The van der Waals surface area contributed by atoms with Gasteiger partial charge in [0, 0.05) is 50.9 Å². The van der Waals surface area contributed by atoms with Crippen molar-refractivity contribution in [2.45, 2.75) is 39.2 Å². The number of amides is 1. The van der Waals surface area contributed by atoms with Crippen LogP contribution in [0.15, 0.2) is 46.4 Å². The summed E-state index contributed by atoms with van der Waals surface area (Å²) in [6.07, 6.45) is 6.97. The highest BCUT2D eigenvalue weighted by molar-refractivity contribution is 8.18. The van der Waals surface area contributed by atoms with Crippen LogP contribution in [0.25, 0.3) is 23.0 Å². The van der Waals surface area contributed by atoms with Crippen LogP contribution in [0, 0.1) is 5.82 Å². The molecule has 0 aliphatic carbocycles. The summed E-state index contributed by atoms with van der Waals surface area (Å²) in [6.45, 7) is 9.76. The molecule has 0 saturated carbocycles. The Hall–Kier alpha value is -3.24. The van der Waals surface area contributed by atoms with Gasteiger partial charge in [-0.15, -0.1) is 0 Å². The van der Waals surface area contributed by atoms with Gasteiger partial charge < -0.3 is 9.80 Å². The molecule has 3 aromatic rings. The standard InChI is InChI=1S/C28H32FN7OS/c1-19(2)33-12-14-34(15-13-33)23-8-6-20(16-22(23)29)24-18-30-26-9-7-21(32-36(24)26)17-25-27(37)31-28(38-25)35-10-4-3-5-11-35/h6-9,16-19H,3-5,10-15H2,1-2H3/b25-17-. The van der Waals surface area contributed by atoms with E-state index in [1.165, 1.54) is 18.2 Å². The minimum absolute atomic E-state index is 0.227. The van der Waals surface area contributed by atoms with E-state index in [2.05, 4.69) is 38.5 Å². The average Bonchev–Trinajstić information content (AvgIpc) is 3.52. The number of aromatic nitrogens is 3. The number of amidine groups is 1. The first-order chi connectivity index (χ1) is 18.5. The van der Waals surface area contributed by atoms with E-state index in [1.54, 1.807) is 22.9 Å². The van der Waals surface area contributed by atoms with Gasteiger partial charge >= 0.3 is 0 Å². The monoisotopic (exact) mass is 533 g/mol. The van der Waals surface area contributed by atoms with E-state index in [-0.39, 0.29) is 11.7 Å².